The molecule has 138 valence electrons. The van der Waals surface area contributed by atoms with E-state index in [-0.39, 0.29) is 18.4 Å². The zero-order chi connectivity index (χ0) is 18.5. The van der Waals surface area contributed by atoms with Gasteiger partial charge in [-0.2, -0.15) is 5.10 Å². The maximum absolute atomic E-state index is 13.0. The van der Waals surface area contributed by atoms with E-state index in [1.165, 1.54) is 0 Å². The maximum atomic E-state index is 13.0. The normalized spacial score (nSPS) is 26.1. The molecule has 26 heavy (non-hydrogen) atoms. The van der Waals surface area contributed by atoms with Gasteiger partial charge in [0, 0.05) is 26.7 Å². The zero-order valence-electron chi connectivity index (χ0n) is 14.9. The van der Waals surface area contributed by atoms with E-state index in [4.69, 9.17) is 0 Å². The fourth-order valence-corrected chi connectivity index (χ4v) is 5.08. The molecule has 0 saturated carbocycles. The molecule has 2 aliphatic rings. The van der Waals surface area contributed by atoms with E-state index in [1.807, 2.05) is 36.5 Å². The topological polar surface area (TPSA) is 78.7 Å². The molecular weight excluding hydrogens is 352 g/mol. The largest absolute Gasteiger partial charge is 0.481 e. The average molecular weight is 374 g/mol. The number of carboxylic acids is 1. The van der Waals surface area contributed by atoms with Crippen LogP contribution in [-0.2, 0) is 11.8 Å². The number of aromatic nitrogens is 2. The van der Waals surface area contributed by atoms with Crippen molar-refractivity contribution in [1.82, 2.24) is 19.6 Å². The summed E-state index contributed by atoms with van der Waals surface area (Å²) >= 11 is 1.60. The molecule has 2 aliphatic heterocycles. The molecule has 1 N–H and O–H groups in total. The third-order valence-corrected chi connectivity index (χ3v) is 6.58. The number of rotatable bonds is 3. The molecule has 2 atom stereocenters. The van der Waals surface area contributed by atoms with E-state index in [1.54, 1.807) is 27.0 Å². The quantitative estimate of drug-likeness (QED) is 0.883. The van der Waals surface area contributed by atoms with Gasteiger partial charge in [-0.15, -0.1) is 11.3 Å². The van der Waals surface area contributed by atoms with Crippen LogP contribution in [0.3, 0.4) is 0 Å². The Balaban J connectivity index is 1.60. The van der Waals surface area contributed by atoms with Crippen molar-refractivity contribution < 1.29 is 14.7 Å². The number of amides is 1. The van der Waals surface area contributed by atoms with Crippen LogP contribution in [0.5, 0.6) is 0 Å². The second-order valence-corrected chi connectivity index (χ2v) is 8.33. The first kappa shape index (κ1) is 17.2. The molecule has 0 radical (unpaired) electrons. The number of fused-ring (bicyclic) bond motifs is 1. The minimum Gasteiger partial charge on any atom is -0.481 e. The minimum absolute atomic E-state index is 0.000582. The molecule has 8 heteroatoms. The van der Waals surface area contributed by atoms with Crippen molar-refractivity contribution in [2.24, 2.45) is 18.4 Å². The van der Waals surface area contributed by atoms with Gasteiger partial charge in [-0.25, -0.2) is 0 Å². The molecule has 2 fully saturated rings. The van der Waals surface area contributed by atoms with Gasteiger partial charge in [0.25, 0.3) is 5.91 Å². The number of hydrogen-bond donors (Lipinski definition) is 1. The van der Waals surface area contributed by atoms with Crippen molar-refractivity contribution >= 4 is 23.2 Å². The fraction of sp³-hybridized carbons (Fsp3) is 0.500. The number of thiophene rings is 1. The Bertz CT molecular complexity index is 847. The molecule has 7 nitrogen and oxygen atoms in total. The second-order valence-electron chi connectivity index (χ2n) is 7.39. The van der Waals surface area contributed by atoms with E-state index >= 15 is 0 Å². The summed E-state index contributed by atoms with van der Waals surface area (Å²) in [6.45, 7) is 2.10. The Kier molecular flexibility index (Phi) is 4.11. The van der Waals surface area contributed by atoms with Crippen molar-refractivity contribution in [3.05, 3.63) is 29.3 Å². The Hall–Kier alpha value is -2.19. The third kappa shape index (κ3) is 2.64. The van der Waals surface area contributed by atoms with Gasteiger partial charge in [-0.1, -0.05) is 6.07 Å². The van der Waals surface area contributed by atoms with Crippen LogP contribution in [0, 0.1) is 11.3 Å². The average Bonchev–Trinajstić information content (AvgIpc) is 3.31. The summed E-state index contributed by atoms with van der Waals surface area (Å²) in [5, 5.41) is 16.3. The summed E-state index contributed by atoms with van der Waals surface area (Å²) < 4.78 is 1.71. The molecule has 2 aromatic rings. The SMILES string of the molecule is CN1CC[C@H]2CN(C(=O)c3cc(-c4cccs4)n(C)n3)C[C@@]2(C(=O)O)C1. The van der Waals surface area contributed by atoms with Crippen LogP contribution in [0.2, 0.25) is 0 Å². The third-order valence-electron chi connectivity index (χ3n) is 5.69. The highest BCUT2D eigenvalue weighted by atomic mass is 32.1. The lowest BCUT2D eigenvalue weighted by molar-refractivity contribution is -0.153. The Morgan fingerprint density at radius 1 is 1.35 bits per heavy atom. The van der Waals surface area contributed by atoms with Crippen molar-refractivity contribution in [2.45, 2.75) is 6.42 Å². The van der Waals surface area contributed by atoms with Crippen molar-refractivity contribution in [3.63, 3.8) is 0 Å². The molecule has 0 spiro atoms. The van der Waals surface area contributed by atoms with Gasteiger partial charge in [0.15, 0.2) is 5.69 Å². The molecule has 1 amide bonds. The summed E-state index contributed by atoms with van der Waals surface area (Å²) in [5.41, 5.74) is 0.407. The lowest BCUT2D eigenvalue weighted by Gasteiger charge is -2.39. The molecule has 2 aromatic heterocycles. The van der Waals surface area contributed by atoms with Gasteiger partial charge in [-0.3, -0.25) is 14.3 Å². The van der Waals surface area contributed by atoms with Crippen LogP contribution in [0.15, 0.2) is 23.6 Å². The summed E-state index contributed by atoms with van der Waals surface area (Å²) in [6, 6.07) is 5.76. The number of likely N-dealkylation sites (tertiary alicyclic amines) is 2. The lowest BCUT2D eigenvalue weighted by Crippen LogP contribution is -2.52. The first-order valence-corrected chi connectivity index (χ1v) is 9.58. The van der Waals surface area contributed by atoms with E-state index < -0.39 is 11.4 Å². The molecular formula is C18H22N4O3S. The summed E-state index contributed by atoms with van der Waals surface area (Å²) in [6.07, 6.45) is 0.801. The zero-order valence-corrected chi connectivity index (χ0v) is 15.7. The highest BCUT2D eigenvalue weighted by molar-refractivity contribution is 7.13. The number of aliphatic carboxylic acids is 1. The van der Waals surface area contributed by atoms with Crippen LogP contribution in [0.1, 0.15) is 16.9 Å². The first-order chi connectivity index (χ1) is 12.4. The molecule has 0 unspecified atom stereocenters. The molecule has 4 rings (SSSR count). The maximum Gasteiger partial charge on any atom is 0.313 e. The fourth-order valence-electron chi connectivity index (χ4n) is 4.31. The Morgan fingerprint density at radius 3 is 2.85 bits per heavy atom. The summed E-state index contributed by atoms with van der Waals surface area (Å²) in [7, 11) is 3.76. The molecule has 2 saturated heterocycles. The highest BCUT2D eigenvalue weighted by Crippen LogP contribution is 2.42. The number of hydrogen-bond acceptors (Lipinski definition) is 5. The van der Waals surface area contributed by atoms with Gasteiger partial charge in [0.05, 0.1) is 10.6 Å². The summed E-state index contributed by atoms with van der Waals surface area (Å²) in [5.74, 6) is -0.980. The molecule has 0 aromatic carbocycles. The van der Waals surface area contributed by atoms with Gasteiger partial charge in [-0.05, 0) is 43.4 Å². The number of piperidine rings is 1. The Labute approximate surface area is 155 Å². The van der Waals surface area contributed by atoms with Crippen LogP contribution in [0.4, 0.5) is 0 Å². The second kappa shape index (κ2) is 6.21. The van der Waals surface area contributed by atoms with Crippen LogP contribution < -0.4 is 0 Å². The molecule has 4 heterocycles. The van der Waals surface area contributed by atoms with Gasteiger partial charge in [0.1, 0.15) is 5.41 Å². The predicted molar refractivity (Wildman–Crippen MR) is 98.1 cm³/mol. The van der Waals surface area contributed by atoms with Crippen molar-refractivity contribution in [2.75, 3.05) is 33.2 Å². The monoisotopic (exact) mass is 374 g/mol. The number of carboxylic acid groups (broad SMARTS) is 1. The molecule has 0 aliphatic carbocycles. The Morgan fingerprint density at radius 2 is 2.15 bits per heavy atom. The number of nitrogens with zero attached hydrogens (tertiary/aromatic N) is 4. The standard InChI is InChI=1S/C18H22N4O3S/c1-20-6-5-12-9-22(11-18(12,10-20)17(24)25)16(23)13-8-14(21(2)19-13)15-4-3-7-26-15/h3-4,7-8,12H,5-6,9-11H2,1-2H3,(H,24,25)/t12-,18-/m0/s1. The van der Waals surface area contributed by atoms with Crippen molar-refractivity contribution in [1.29, 1.82) is 0 Å². The number of carbonyl (C=O) groups excluding carboxylic acids is 1. The van der Waals surface area contributed by atoms with Crippen LogP contribution >= 0.6 is 11.3 Å². The minimum atomic E-state index is -0.867. The van der Waals surface area contributed by atoms with Crippen LogP contribution in [-0.4, -0.2) is 69.8 Å². The van der Waals surface area contributed by atoms with E-state index in [0.717, 1.165) is 23.5 Å². The predicted octanol–water partition coefficient (Wildman–Crippen LogP) is 1.63. The van der Waals surface area contributed by atoms with Crippen LogP contribution in [0.25, 0.3) is 10.6 Å². The molecule has 0 bridgehead atoms. The van der Waals surface area contributed by atoms with Crippen molar-refractivity contribution in [3.8, 4) is 10.6 Å². The van der Waals surface area contributed by atoms with E-state index in [9.17, 15) is 14.7 Å². The smallest absolute Gasteiger partial charge is 0.313 e. The lowest BCUT2D eigenvalue weighted by atomic mass is 9.73. The van der Waals surface area contributed by atoms with E-state index in [0.29, 0.717) is 18.8 Å². The van der Waals surface area contributed by atoms with E-state index in [2.05, 4.69) is 5.10 Å². The number of carbonyl (C=O) groups is 2. The summed E-state index contributed by atoms with van der Waals surface area (Å²) in [4.78, 5) is 29.8. The highest BCUT2D eigenvalue weighted by Gasteiger charge is 2.55. The van der Waals surface area contributed by atoms with Gasteiger partial charge >= 0.3 is 5.97 Å². The first-order valence-electron chi connectivity index (χ1n) is 8.70. The van der Waals surface area contributed by atoms with Gasteiger partial charge in [0.2, 0.25) is 0 Å². The number of aryl methyl sites for hydroxylation is 1. The van der Waals surface area contributed by atoms with Gasteiger partial charge < -0.3 is 14.9 Å².